The molecule has 0 aliphatic carbocycles. The second-order valence-electron chi connectivity index (χ2n) is 5.29. The summed E-state index contributed by atoms with van der Waals surface area (Å²) >= 11 is 0. The number of nitrogens with one attached hydrogen (secondary N) is 1. The minimum atomic E-state index is -0.858. The number of carbonyl (C=O) groups excluding carboxylic acids is 1. The van der Waals surface area contributed by atoms with Crippen LogP contribution < -0.4 is 5.32 Å². The molecule has 8 nitrogen and oxygen atoms in total. The smallest absolute Gasteiger partial charge is 0.317 e. The molecule has 1 aliphatic heterocycles. The Labute approximate surface area is 116 Å². The number of hydrogen-bond acceptors (Lipinski definition) is 5. The minimum absolute atomic E-state index is 0.0324. The van der Waals surface area contributed by atoms with Gasteiger partial charge in [0.05, 0.1) is 12.0 Å². The van der Waals surface area contributed by atoms with Crippen molar-refractivity contribution in [1.29, 1.82) is 0 Å². The number of hydrogen-bond donors (Lipinski definition) is 2. The van der Waals surface area contributed by atoms with E-state index in [-0.39, 0.29) is 25.0 Å². The SMILES string of the molecule is CC(C)C1(C(=O)O)CCN(C(=O)NCc2ncon2)C1. The Bertz CT molecular complexity index is 488. The Morgan fingerprint density at radius 3 is 2.85 bits per heavy atom. The molecular formula is C12H18N4O4. The van der Waals surface area contributed by atoms with E-state index in [1.54, 1.807) is 0 Å². The van der Waals surface area contributed by atoms with Crippen LogP contribution in [0.1, 0.15) is 26.1 Å². The van der Waals surface area contributed by atoms with Crippen LogP contribution in [0.5, 0.6) is 0 Å². The molecular weight excluding hydrogens is 264 g/mol. The zero-order chi connectivity index (χ0) is 14.8. The van der Waals surface area contributed by atoms with Crippen LogP contribution >= 0.6 is 0 Å². The highest BCUT2D eigenvalue weighted by atomic mass is 16.5. The molecule has 0 saturated carbocycles. The number of carbonyl (C=O) groups is 2. The maximum Gasteiger partial charge on any atom is 0.317 e. The summed E-state index contributed by atoms with van der Waals surface area (Å²) < 4.78 is 4.56. The molecule has 0 radical (unpaired) electrons. The van der Waals surface area contributed by atoms with E-state index in [9.17, 15) is 14.7 Å². The van der Waals surface area contributed by atoms with Gasteiger partial charge < -0.3 is 19.8 Å². The molecule has 110 valence electrons. The molecule has 1 fully saturated rings. The van der Waals surface area contributed by atoms with Gasteiger partial charge in [-0.05, 0) is 12.3 Å². The predicted molar refractivity (Wildman–Crippen MR) is 67.6 cm³/mol. The molecule has 2 heterocycles. The fourth-order valence-corrected chi connectivity index (χ4v) is 2.44. The number of aromatic nitrogens is 2. The van der Waals surface area contributed by atoms with E-state index < -0.39 is 11.4 Å². The predicted octanol–water partition coefficient (Wildman–Crippen LogP) is 0.712. The van der Waals surface area contributed by atoms with Crippen molar-refractivity contribution in [2.75, 3.05) is 13.1 Å². The molecule has 2 N–H and O–H groups in total. The summed E-state index contributed by atoms with van der Waals surface area (Å²) in [5.74, 6) is -0.498. The topological polar surface area (TPSA) is 109 Å². The normalized spacial score (nSPS) is 22.2. The van der Waals surface area contributed by atoms with Gasteiger partial charge in [-0.1, -0.05) is 19.0 Å². The standard InChI is InChI=1S/C12H18N4O4/c1-8(2)12(10(17)18)3-4-16(6-12)11(19)13-5-9-14-7-20-15-9/h7-8H,3-6H2,1-2H3,(H,13,19)(H,17,18). The van der Waals surface area contributed by atoms with Crippen molar-refractivity contribution < 1.29 is 19.2 Å². The molecule has 8 heteroatoms. The summed E-state index contributed by atoms with van der Waals surface area (Å²) in [4.78, 5) is 28.8. The molecule has 1 unspecified atom stereocenters. The number of likely N-dealkylation sites (tertiary alicyclic amines) is 1. The Morgan fingerprint density at radius 2 is 2.35 bits per heavy atom. The molecule has 0 bridgehead atoms. The highest BCUT2D eigenvalue weighted by Crippen LogP contribution is 2.38. The first-order valence-corrected chi connectivity index (χ1v) is 6.47. The molecule has 20 heavy (non-hydrogen) atoms. The van der Waals surface area contributed by atoms with Gasteiger partial charge in [0.15, 0.2) is 5.82 Å². The zero-order valence-electron chi connectivity index (χ0n) is 11.5. The summed E-state index contributed by atoms with van der Waals surface area (Å²) in [5, 5.41) is 15.7. The number of rotatable bonds is 4. The Morgan fingerprint density at radius 1 is 1.60 bits per heavy atom. The van der Waals surface area contributed by atoms with Crippen LogP contribution in [0, 0.1) is 11.3 Å². The maximum absolute atomic E-state index is 12.0. The van der Waals surface area contributed by atoms with E-state index >= 15 is 0 Å². The van der Waals surface area contributed by atoms with E-state index in [4.69, 9.17) is 0 Å². The largest absolute Gasteiger partial charge is 0.481 e. The third-order valence-corrected chi connectivity index (χ3v) is 3.92. The highest BCUT2D eigenvalue weighted by molar-refractivity contribution is 5.80. The molecule has 1 atom stereocenters. The van der Waals surface area contributed by atoms with Crippen molar-refractivity contribution in [3.8, 4) is 0 Å². The van der Waals surface area contributed by atoms with Crippen LogP contribution in [0.2, 0.25) is 0 Å². The summed E-state index contributed by atoms with van der Waals surface area (Å²) in [6.07, 6.45) is 1.65. The van der Waals surface area contributed by atoms with Gasteiger partial charge in [0, 0.05) is 13.1 Å². The van der Waals surface area contributed by atoms with Gasteiger partial charge in [-0.15, -0.1) is 0 Å². The summed E-state index contributed by atoms with van der Waals surface area (Å²) in [6.45, 7) is 4.55. The number of carboxylic acid groups (broad SMARTS) is 1. The fraction of sp³-hybridized carbons (Fsp3) is 0.667. The van der Waals surface area contributed by atoms with Crippen LogP contribution in [0.15, 0.2) is 10.9 Å². The van der Waals surface area contributed by atoms with Crippen molar-refractivity contribution in [3.05, 3.63) is 12.2 Å². The first-order valence-electron chi connectivity index (χ1n) is 6.47. The van der Waals surface area contributed by atoms with Crippen LogP contribution in [0.3, 0.4) is 0 Å². The number of aliphatic carboxylic acids is 1. The molecule has 1 aliphatic rings. The summed E-state index contributed by atoms with van der Waals surface area (Å²) in [5.41, 5.74) is -0.858. The number of carboxylic acids is 1. The van der Waals surface area contributed by atoms with Gasteiger partial charge in [0.25, 0.3) is 0 Å². The van der Waals surface area contributed by atoms with E-state index in [0.29, 0.717) is 18.8 Å². The lowest BCUT2D eigenvalue weighted by molar-refractivity contribution is -0.150. The quantitative estimate of drug-likeness (QED) is 0.842. The zero-order valence-corrected chi connectivity index (χ0v) is 11.5. The van der Waals surface area contributed by atoms with Crippen LogP contribution in [0.4, 0.5) is 4.79 Å². The van der Waals surface area contributed by atoms with Crippen molar-refractivity contribution in [2.45, 2.75) is 26.8 Å². The summed E-state index contributed by atoms with van der Waals surface area (Å²) in [6, 6.07) is -0.307. The Hall–Kier alpha value is -2.12. The number of urea groups is 1. The van der Waals surface area contributed by atoms with Gasteiger partial charge in [0.2, 0.25) is 6.39 Å². The first-order chi connectivity index (χ1) is 9.45. The minimum Gasteiger partial charge on any atom is -0.481 e. The van der Waals surface area contributed by atoms with Gasteiger partial charge in [-0.2, -0.15) is 4.98 Å². The van der Waals surface area contributed by atoms with Gasteiger partial charge in [0.1, 0.15) is 0 Å². The average Bonchev–Trinajstić information content (AvgIpc) is 3.05. The van der Waals surface area contributed by atoms with Crippen LogP contribution in [-0.4, -0.2) is 45.2 Å². The molecule has 2 amide bonds. The van der Waals surface area contributed by atoms with Crippen LogP contribution in [-0.2, 0) is 11.3 Å². The molecule has 2 rings (SSSR count). The van der Waals surface area contributed by atoms with Gasteiger partial charge in [-0.25, -0.2) is 4.79 Å². The third-order valence-electron chi connectivity index (χ3n) is 3.92. The second-order valence-corrected chi connectivity index (χ2v) is 5.29. The fourth-order valence-electron chi connectivity index (χ4n) is 2.44. The average molecular weight is 282 g/mol. The second kappa shape index (κ2) is 5.48. The molecule has 0 spiro atoms. The number of amides is 2. The van der Waals surface area contributed by atoms with Crippen LogP contribution in [0.25, 0.3) is 0 Å². The highest BCUT2D eigenvalue weighted by Gasteiger charge is 2.48. The molecule has 1 aromatic heterocycles. The van der Waals surface area contributed by atoms with Gasteiger partial charge in [-0.3, -0.25) is 4.79 Å². The van der Waals surface area contributed by atoms with E-state index in [1.807, 2.05) is 13.8 Å². The number of nitrogens with zero attached hydrogens (tertiary/aromatic N) is 3. The Kier molecular flexibility index (Phi) is 3.91. The summed E-state index contributed by atoms with van der Waals surface area (Å²) in [7, 11) is 0. The molecule has 1 aromatic rings. The van der Waals surface area contributed by atoms with Crippen molar-refractivity contribution in [3.63, 3.8) is 0 Å². The Balaban J connectivity index is 1.94. The third kappa shape index (κ3) is 2.59. The van der Waals surface area contributed by atoms with E-state index in [2.05, 4.69) is 20.0 Å². The monoisotopic (exact) mass is 282 g/mol. The lowest BCUT2D eigenvalue weighted by atomic mass is 9.76. The first kappa shape index (κ1) is 14.3. The lowest BCUT2D eigenvalue weighted by Gasteiger charge is -2.28. The lowest BCUT2D eigenvalue weighted by Crippen LogP contribution is -2.43. The van der Waals surface area contributed by atoms with E-state index in [1.165, 1.54) is 11.3 Å². The molecule has 0 aromatic carbocycles. The van der Waals surface area contributed by atoms with Crippen molar-refractivity contribution in [1.82, 2.24) is 20.4 Å². The van der Waals surface area contributed by atoms with Crippen molar-refractivity contribution >= 4 is 12.0 Å². The maximum atomic E-state index is 12.0. The van der Waals surface area contributed by atoms with Gasteiger partial charge >= 0.3 is 12.0 Å². The molecule has 1 saturated heterocycles. The van der Waals surface area contributed by atoms with Crippen molar-refractivity contribution in [2.24, 2.45) is 11.3 Å². The van der Waals surface area contributed by atoms with E-state index in [0.717, 1.165) is 0 Å².